The minimum atomic E-state index is -3.94. The van der Waals surface area contributed by atoms with Gasteiger partial charge < -0.3 is 11.1 Å². The lowest BCUT2D eigenvalue weighted by Crippen LogP contribution is -2.14. The normalized spacial score (nSPS) is 12.3. The summed E-state index contributed by atoms with van der Waals surface area (Å²) in [5.41, 5.74) is 7.82. The van der Waals surface area contributed by atoms with Gasteiger partial charge in [0.2, 0.25) is 10.0 Å². The van der Waals surface area contributed by atoms with Gasteiger partial charge in [-0.25, -0.2) is 22.9 Å². The lowest BCUT2D eigenvalue weighted by molar-refractivity contribution is -0.114. The molecule has 0 saturated carbocycles. The molecule has 7 nitrogen and oxygen atoms in total. The molecule has 0 saturated heterocycles. The molecule has 10 heteroatoms. The van der Waals surface area contributed by atoms with E-state index in [-0.39, 0.29) is 10.5 Å². The average molecular weight is 555 g/mol. The molecule has 0 bridgehead atoms. The molecule has 0 unspecified atom stereocenters. The zero-order valence-corrected chi connectivity index (χ0v) is 20.8. The number of carbonyl (C=O) groups excluding carboxylic acids is 1. The largest absolute Gasteiger partial charge is 0.383 e. The van der Waals surface area contributed by atoms with Crippen LogP contribution in [0.4, 0.5) is 15.9 Å². The van der Waals surface area contributed by atoms with E-state index in [1.54, 1.807) is 66.9 Å². The number of halogens is 2. The van der Waals surface area contributed by atoms with Gasteiger partial charge in [-0.1, -0.05) is 36.4 Å². The van der Waals surface area contributed by atoms with E-state index in [0.717, 1.165) is 5.39 Å². The van der Waals surface area contributed by atoms with Gasteiger partial charge in [-0.05, 0) is 75.3 Å². The summed E-state index contributed by atoms with van der Waals surface area (Å²) >= 11 is 3.36. The molecule has 0 fully saturated rings. The van der Waals surface area contributed by atoms with Gasteiger partial charge in [0.1, 0.15) is 5.82 Å². The number of hydrogen-bond acceptors (Lipinski definition) is 5. The van der Waals surface area contributed by atoms with E-state index in [9.17, 15) is 13.2 Å². The van der Waals surface area contributed by atoms with Crippen LogP contribution in [0.15, 0.2) is 88.1 Å². The first-order valence-electron chi connectivity index (χ1n) is 10.3. The van der Waals surface area contributed by atoms with Crippen molar-refractivity contribution in [1.82, 2.24) is 4.98 Å². The Morgan fingerprint density at radius 2 is 1.80 bits per heavy atom. The second kappa shape index (κ2) is 9.57. The number of pyridine rings is 1. The lowest BCUT2D eigenvalue weighted by atomic mass is 10.0. The number of nitrogen functional groups attached to an aromatic ring is 1. The summed E-state index contributed by atoms with van der Waals surface area (Å²) in [7, 11) is -3.94. The third kappa shape index (κ3) is 5.09. The van der Waals surface area contributed by atoms with Crippen LogP contribution < -0.4 is 16.2 Å². The number of aromatic nitrogens is 1. The van der Waals surface area contributed by atoms with Crippen LogP contribution in [0.1, 0.15) is 12.5 Å². The van der Waals surface area contributed by atoms with Crippen LogP contribution in [0.5, 0.6) is 0 Å². The van der Waals surface area contributed by atoms with Crippen LogP contribution in [-0.2, 0) is 14.8 Å². The summed E-state index contributed by atoms with van der Waals surface area (Å²) in [4.78, 5) is 16.7. The van der Waals surface area contributed by atoms with Crippen LogP contribution in [-0.4, -0.2) is 19.3 Å². The Morgan fingerprint density at radius 1 is 1.06 bits per heavy atom. The molecule has 3 aromatic carbocycles. The van der Waals surface area contributed by atoms with E-state index < -0.39 is 21.8 Å². The molecule has 35 heavy (non-hydrogen) atoms. The number of anilines is 2. The number of carbonyl (C=O) groups is 1. The molecule has 1 heterocycles. The minimum Gasteiger partial charge on any atom is -0.383 e. The number of rotatable bonds is 5. The van der Waals surface area contributed by atoms with Crippen molar-refractivity contribution < 1.29 is 17.6 Å². The first-order chi connectivity index (χ1) is 16.6. The van der Waals surface area contributed by atoms with Crippen LogP contribution in [0.3, 0.4) is 0 Å². The average Bonchev–Trinajstić information content (AvgIpc) is 2.84. The molecule has 0 aliphatic rings. The van der Waals surface area contributed by atoms with Crippen LogP contribution in [0, 0.1) is 0 Å². The molecule has 1 aromatic heterocycles. The van der Waals surface area contributed by atoms with Gasteiger partial charge in [0.15, 0.2) is 5.83 Å². The van der Waals surface area contributed by atoms with Gasteiger partial charge >= 0.3 is 0 Å². The topological polar surface area (TPSA) is 128 Å². The van der Waals surface area contributed by atoms with Crippen LogP contribution in [0.2, 0.25) is 0 Å². The van der Waals surface area contributed by atoms with Crippen molar-refractivity contribution in [1.29, 1.82) is 0 Å². The predicted octanol–water partition coefficient (Wildman–Crippen LogP) is 5.23. The Kier molecular flexibility index (Phi) is 6.70. The fourth-order valence-electron chi connectivity index (χ4n) is 3.64. The maximum Gasteiger partial charge on any atom is 0.284 e. The Balaban J connectivity index is 1.62. The van der Waals surface area contributed by atoms with Gasteiger partial charge in [0.05, 0.1) is 10.6 Å². The Morgan fingerprint density at radius 3 is 2.51 bits per heavy atom. The van der Waals surface area contributed by atoms with Crippen molar-refractivity contribution in [3.05, 3.63) is 88.8 Å². The molecule has 178 valence electrons. The highest BCUT2D eigenvalue weighted by Gasteiger charge is 2.18. The molecule has 5 N–H and O–H groups in total. The van der Waals surface area contributed by atoms with Gasteiger partial charge in [-0.2, -0.15) is 0 Å². The van der Waals surface area contributed by atoms with Crippen molar-refractivity contribution in [2.45, 2.75) is 11.8 Å². The number of benzene rings is 3. The highest BCUT2D eigenvalue weighted by atomic mass is 79.9. The Bertz CT molecular complexity index is 1620. The lowest BCUT2D eigenvalue weighted by Gasteiger charge is -2.12. The molecule has 0 atom stereocenters. The second-order valence-electron chi connectivity index (χ2n) is 7.76. The molecule has 4 aromatic rings. The standard InChI is InChI=1S/C25H20BrFN4O3S/c1-14(16-7-6-15-10-11-30-24(28)19(15)12-16)23(27)25(32)31-21-9-8-17(13-20(21)26)18-4-2-3-5-22(18)35(29,33)34/h2-13H,1H3,(H2,28,30)(H,31,32)(H2,29,33,34)/b23-14-. The monoisotopic (exact) mass is 554 g/mol. The number of nitrogens with zero attached hydrogens (tertiary/aromatic N) is 1. The zero-order valence-electron chi connectivity index (χ0n) is 18.4. The fraction of sp³-hybridized carbons (Fsp3) is 0.0400. The summed E-state index contributed by atoms with van der Waals surface area (Å²) in [6.45, 7) is 1.50. The molecule has 0 spiro atoms. The van der Waals surface area contributed by atoms with E-state index >= 15 is 4.39 Å². The summed E-state index contributed by atoms with van der Waals surface area (Å²) in [6.07, 6.45) is 1.59. The Labute approximate surface area is 209 Å². The third-order valence-corrected chi connectivity index (χ3v) is 7.11. The van der Waals surface area contributed by atoms with Gasteiger partial charge in [0.25, 0.3) is 5.91 Å². The van der Waals surface area contributed by atoms with E-state index in [4.69, 9.17) is 10.9 Å². The van der Waals surface area contributed by atoms with Crippen molar-refractivity contribution >= 4 is 59.7 Å². The first kappa shape index (κ1) is 24.5. The van der Waals surface area contributed by atoms with Gasteiger partial charge in [-0.15, -0.1) is 0 Å². The number of amides is 1. The van der Waals surface area contributed by atoms with Crippen molar-refractivity contribution in [3.63, 3.8) is 0 Å². The van der Waals surface area contributed by atoms with Gasteiger partial charge in [-0.3, -0.25) is 4.79 Å². The maximum atomic E-state index is 15.0. The molecule has 0 aliphatic heterocycles. The zero-order chi connectivity index (χ0) is 25.3. The number of fused-ring (bicyclic) bond motifs is 1. The SMILES string of the molecule is C/C(=C(/F)C(=O)Nc1ccc(-c2ccccc2S(N)(=O)=O)cc1Br)c1ccc2ccnc(N)c2c1. The van der Waals surface area contributed by atoms with E-state index in [0.29, 0.717) is 38.1 Å². The molecule has 1 amide bonds. The minimum absolute atomic E-state index is 0.0282. The molecular formula is C25H20BrFN4O3S. The Hall–Kier alpha value is -3.60. The molecular weight excluding hydrogens is 535 g/mol. The van der Waals surface area contributed by atoms with Crippen LogP contribution in [0.25, 0.3) is 27.5 Å². The highest BCUT2D eigenvalue weighted by molar-refractivity contribution is 9.10. The summed E-state index contributed by atoms with van der Waals surface area (Å²) in [6, 6.07) is 18.0. The molecule has 4 rings (SSSR count). The molecule has 0 radical (unpaired) electrons. The van der Waals surface area contributed by atoms with Gasteiger partial charge in [0, 0.05) is 21.6 Å². The summed E-state index contributed by atoms with van der Waals surface area (Å²) in [5.74, 6) is -1.57. The van der Waals surface area contributed by atoms with E-state index in [1.807, 2.05) is 0 Å². The third-order valence-electron chi connectivity index (χ3n) is 5.48. The fourth-order valence-corrected chi connectivity index (χ4v) is 4.87. The molecule has 0 aliphatic carbocycles. The second-order valence-corrected chi connectivity index (χ2v) is 10.1. The quantitative estimate of drug-likeness (QED) is 0.291. The number of nitrogens with two attached hydrogens (primary N) is 2. The maximum absolute atomic E-state index is 15.0. The van der Waals surface area contributed by atoms with E-state index in [2.05, 4.69) is 26.2 Å². The summed E-state index contributed by atoms with van der Waals surface area (Å²) in [5, 5.41) is 9.37. The number of hydrogen-bond donors (Lipinski definition) is 3. The van der Waals surface area contributed by atoms with Crippen molar-refractivity contribution in [3.8, 4) is 11.1 Å². The highest BCUT2D eigenvalue weighted by Crippen LogP contribution is 2.33. The first-order valence-corrected chi connectivity index (χ1v) is 12.6. The van der Waals surface area contributed by atoms with Crippen LogP contribution >= 0.6 is 15.9 Å². The van der Waals surface area contributed by atoms with E-state index in [1.165, 1.54) is 13.0 Å². The van der Waals surface area contributed by atoms with Crippen molar-refractivity contribution in [2.75, 3.05) is 11.1 Å². The number of sulfonamides is 1. The summed E-state index contributed by atoms with van der Waals surface area (Å²) < 4.78 is 39.3. The number of primary sulfonamides is 1. The van der Waals surface area contributed by atoms with Crippen molar-refractivity contribution in [2.24, 2.45) is 5.14 Å². The number of allylic oxidation sites excluding steroid dienone is 1. The number of nitrogens with one attached hydrogen (secondary N) is 1. The smallest absolute Gasteiger partial charge is 0.284 e. The predicted molar refractivity (Wildman–Crippen MR) is 139 cm³/mol.